The zero-order valence-electron chi connectivity index (χ0n) is 16.5. The van der Waals surface area contributed by atoms with Crippen LogP contribution in [0.2, 0.25) is 0 Å². The fourth-order valence-corrected chi connectivity index (χ4v) is 5.69. The Morgan fingerprint density at radius 1 is 0.963 bits per heavy atom. The molecule has 1 fully saturated rings. The number of rotatable bonds is 5. The Morgan fingerprint density at radius 3 is 2.19 bits per heavy atom. The van der Waals surface area contributed by atoms with Gasteiger partial charge in [0.25, 0.3) is 0 Å². The molecule has 0 aromatic heterocycles. The molecule has 27 heavy (non-hydrogen) atoms. The minimum atomic E-state index is -3.46. The van der Waals surface area contributed by atoms with Crippen LogP contribution in [0.5, 0.6) is 5.75 Å². The summed E-state index contributed by atoms with van der Waals surface area (Å²) in [4.78, 5) is 2.75. The van der Waals surface area contributed by atoms with Crippen molar-refractivity contribution in [3.05, 3.63) is 58.7 Å². The van der Waals surface area contributed by atoms with E-state index in [1.54, 1.807) is 11.4 Å². The van der Waals surface area contributed by atoms with Gasteiger partial charge in [0.05, 0.1) is 12.0 Å². The summed E-state index contributed by atoms with van der Waals surface area (Å²) in [6, 6.07) is 11.9. The van der Waals surface area contributed by atoms with Gasteiger partial charge < -0.3 is 4.74 Å². The third kappa shape index (κ3) is 4.34. The van der Waals surface area contributed by atoms with E-state index in [0.29, 0.717) is 18.0 Å². The molecule has 1 heterocycles. The number of ether oxygens (including phenoxy) is 1. The van der Waals surface area contributed by atoms with Crippen molar-refractivity contribution in [2.75, 3.05) is 33.3 Å². The molecule has 1 saturated heterocycles. The average Bonchev–Trinajstić information content (AvgIpc) is 2.61. The van der Waals surface area contributed by atoms with E-state index in [2.05, 4.69) is 11.0 Å². The molecule has 0 amide bonds. The third-order valence-corrected chi connectivity index (χ3v) is 7.28. The first-order chi connectivity index (χ1) is 12.8. The zero-order valence-corrected chi connectivity index (χ0v) is 17.3. The molecule has 1 aliphatic heterocycles. The van der Waals surface area contributed by atoms with E-state index in [1.165, 1.54) is 5.56 Å². The maximum absolute atomic E-state index is 13.2. The maximum atomic E-state index is 13.2. The first kappa shape index (κ1) is 19.9. The van der Waals surface area contributed by atoms with E-state index in [0.717, 1.165) is 42.1 Å². The van der Waals surface area contributed by atoms with Crippen LogP contribution in [0.1, 0.15) is 22.3 Å². The van der Waals surface area contributed by atoms with Crippen molar-refractivity contribution in [3.8, 4) is 5.75 Å². The second-order valence-electron chi connectivity index (χ2n) is 7.26. The molecule has 2 aromatic carbocycles. The number of sulfonamides is 1. The second-order valence-corrected chi connectivity index (χ2v) is 9.13. The van der Waals surface area contributed by atoms with Gasteiger partial charge >= 0.3 is 0 Å². The van der Waals surface area contributed by atoms with Crippen molar-refractivity contribution in [2.45, 2.75) is 32.2 Å². The molecule has 1 aliphatic rings. The van der Waals surface area contributed by atoms with Crippen LogP contribution < -0.4 is 4.74 Å². The summed E-state index contributed by atoms with van der Waals surface area (Å²) >= 11 is 0. The fraction of sp³-hybridized carbons (Fsp3) is 0.429. The molecule has 6 heteroatoms. The summed E-state index contributed by atoms with van der Waals surface area (Å²) in [5.41, 5.74) is 3.92. The standard InChI is InChI=1S/C21H28N2O3S/c1-16-12-17(2)21(18(3)13-16)27(24,25)23-10-8-22(9-11-23)15-19-6-5-7-20(14-19)26-4/h5-7,12-14H,8-11,15H2,1-4H3. The van der Waals surface area contributed by atoms with Crippen molar-refractivity contribution in [1.29, 1.82) is 0 Å². The fourth-order valence-electron chi connectivity index (χ4n) is 3.86. The quantitative estimate of drug-likeness (QED) is 0.790. The lowest BCUT2D eigenvalue weighted by Crippen LogP contribution is -2.48. The van der Waals surface area contributed by atoms with Gasteiger partial charge in [-0.3, -0.25) is 4.90 Å². The minimum absolute atomic E-state index is 0.467. The highest BCUT2D eigenvalue weighted by Gasteiger charge is 2.30. The van der Waals surface area contributed by atoms with Gasteiger partial charge in [0.1, 0.15) is 5.75 Å². The smallest absolute Gasteiger partial charge is 0.243 e. The molecule has 0 saturated carbocycles. The first-order valence-electron chi connectivity index (χ1n) is 9.24. The monoisotopic (exact) mass is 388 g/mol. The van der Waals surface area contributed by atoms with Gasteiger partial charge in [-0.2, -0.15) is 4.31 Å². The number of methoxy groups -OCH3 is 1. The van der Waals surface area contributed by atoms with Gasteiger partial charge in [0.15, 0.2) is 0 Å². The number of benzene rings is 2. The molecular weight excluding hydrogens is 360 g/mol. The van der Waals surface area contributed by atoms with E-state index in [4.69, 9.17) is 4.74 Å². The van der Waals surface area contributed by atoms with Crippen molar-refractivity contribution in [3.63, 3.8) is 0 Å². The largest absolute Gasteiger partial charge is 0.497 e. The van der Waals surface area contributed by atoms with Crippen molar-refractivity contribution < 1.29 is 13.2 Å². The molecule has 2 aromatic rings. The van der Waals surface area contributed by atoms with E-state index >= 15 is 0 Å². The van der Waals surface area contributed by atoms with Gasteiger partial charge in [-0.05, 0) is 49.6 Å². The van der Waals surface area contributed by atoms with E-state index < -0.39 is 10.0 Å². The third-order valence-electron chi connectivity index (χ3n) is 5.07. The Hall–Kier alpha value is -1.89. The molecule has 0 N–H and O–H groups in total. The highest BCUT2D eigenvalue weighted by atomic mass is 32.2. The summed E-state index contributed by atoms with van der Waals surface area (Å²) < 4.78 is 33.3. The van der Waals surface area contributed by atoms with Crippen LogP contribution in [0.3, 0.4) is 0 Å². The van der Waals surface area contributed by atoms with Crippen molar-refractivity contribution >= 4 is 10.0 Å². The molecule has 0 bridgehead atoms. The van der Waals surface area contributed by atoms with E-state index in [-0.39, 0.29) is 0 Å². The Balaban J connectivity index is 1.70. The lowest BCUT2D eigenvalue weighted by atomic mass is 10.1. The Kier molecular flexibility index (Phi) is 5.89. The molecule has 0 atom stereocenters. The molecule has 146 valence electrons. The topological polar surface area (TPSA) is 49.9 Å². The molecular formula is C21H28N2O3S. The van der Waals surface area contributed by atoms with Gasteiger partial charge in [-0.1, -0.05) is 29.8 Å². The second kappa shape index (κ2) is 8.00. The molecule has 0 radical (unpaired) electrons. The van der Waals surface area contributed by atoms with Gasteiger partial charge in [0, 0.05) is 32.7 Å². The van der Waals surface area contributed by atoms with Crippen LogP contribution in [-0.4, -0.2) is 50.9 Å². The highest BCUT2D eigenvalue weighted by Crippen LogP contribution is 2.26. The summed E-state index contributed by atoms with van der Waals surface area (Å²) in [6.45, 7) is 9.03. The van der Waals surface area contributed by atoms with Crippen LogP contribution in [0.15, 0.2) is 41.3 Å². The van der Waals surface area contributed by atoms with Gasteiger partial charge in [0.2, 0.25) is 10.0 Å². The normalized spacial score (nSPS) is 16.4. The number of hydrogen-bond donors (Lipinski definition) is 0. The SMILES string of the molecule is COc1cccc(CN2CCN(S(=O)(=O)c3c(C)cc(C)cc3C)CC2)c1. The minimum Gasteiger partial charge on any atom is -0.497 e. The lowest BCUT2D eigenvalue weighted by Gasteiger charge is -2.34. The Bertz CT molecular complexity index is 894. The predicted molar refractivity (Wildman–Crippen MR) is 108 cm³/mol. The van der Waals surface area contributed by atoms with Gasteiger partial charge in [-0.25, -0.2) is 8.42 Å². The van der Waals surface area contributed by atoms with Gasteiger partial charge in [-0.15, -0.1) is 0 Å². The molecule has 3 rings (SSSR count). The molecule has 5 nitrogen and oxygen atoms in total. The number of aryl methyl sites for hydroxylation is 3. The number of nitrogens with zero attached hydrogens (tertiary/aromatic N) is 2. The van der Waals surface area contributed by atoms with Crippen LogP contribution >= 0.6 is 0 Å². The molecule has 0 aliphatic carbocycles. The van der Waals surface area contributed by atoms with Crippen LogP contribution in [0.4, 0.5) is 0 Å². The van der Waals surface area contributed by atoms with E-state index in [9.17, 15) is 8.42 Å². The Labute approximate surface area is 162 Å². The molecule has 0 unspecified atom stereocenters. The van der Waals surface area contributed by atoms with Crippen LogP contribution in [0.25, 0.3) is 0 Å². The molecule has 0 spiro atoms. The zero-order chi connectivity index (χ0) is 19.6. The summed E-state index contributed by atoms with van der Waals surface area (Å²) in [5.74, 6) is 0.846. The van der Waals surface area contributed by atoms with Crippen molar-refractivity contribution in [2.24, 2.45) is 0 Å². The number of hydrogen-bond acceptors (Lipinski definition) is 4. The maximum Gasteiger partial charge on any atom is 0.243 e. The van der Waals surface area contributed by atoms with Crippen molar-refractivity contribution in [1.82, 2.24) is 9.21 Å². The lowest BCUT2D eigenvalue weighted by molar-refractivity contribution is 0.181. The van der Waals surface area contributed by atoms with E-state index in [1.807, 2.05) is 51.1 Å². The number of piperazine rings is 1. The Morgan fingerprint density at radius 2 is 1.59 bits per heavy atom. The van der Waals surface area contributed by atoms with Crippen LogP contribution in [-0.2, 0) is 16.6 Å². The predicted octanol–water partition coefficient (Wildman–Crippen LogP) is 3.13. The summed E-state index contributed by atoms with van der Waals surface area (Å²) in [6.07, 6.45) is 0. The average molecular weight is 389 g/mol. The summed E-state index contributed by atoms with van der Waals surface area (Å²) in [7, 11) is -1.80. The first-order valence-corrected chi connectivity index (χ1v) is 10.7. The van der Waals surface area contributed by atoms with Crippen LogP contribution in [0, 0.1) is 20.8 Å². The summed E-state index contributed by atoms with van der Waals surface area (Å²) in [5, 5.41) is 0. The highest BCUT2D eigenvalue weighted by molar-refractivity contribution is 7.89.